The minimum Gasteiger partial charge on any atom is -0.291 e. The Morgan fingerprint density at radius 1 is 1.14 bits per heavy atom. The number of rotatable bonds is 8. The van der Waals surface area contributed by atoms with Crippen molar-refractivity contribution in [1.29, 1.82) is 0 Å². The van der Waals surface area contributed by atoms with Crippen LogP contribution in [0.5, 0.6) is 0 Å². The second-order valence-electron chi connectivity index (χ2n) is 3.44. The normalized spacial score (nSPS) is 11.7. The van der Waals surface area contributed by atoms with E-state index in [1.165, 1.54) is 6.42 Å². The zero-order chi connectivity index (χ0) is 11.0. The molecular weight excluding hydrogens is 210 g/mol. The highest BCUT2D eigenvalue weighted by Crippen LogP contribution is 2.22. The van der Waals surface area contributed by atoms with Gasteiger partial charge in [-0.3, -0.25) is 4.79 Å². The van der Waals surface area contributed by atoms with Crippen molar-refractivity contribution in [2.45, 2.75) is 57.3 Å². The first-order valence-corrected chi connectivity index (χ1v) is 5.46. The molecule has 0 fully saturated rings. The van der Waals surface area contributed by atoms with Gasteiger partial charge in [0.15, 0.2) is 0 Å². The first-order valence-electron chi connectivity index (χ1n) is 5.08. The molecule has 0 bridgehead atoms. The Hall–Kier alpha value is -0.180. The Kier molecular flexibility index (Phi) is 7.06. The van der Waals surface area contributed by atoms with Crippen LogP contribution >= 0.6 is 11.6 Å². The molecule has 0 saturated carbocycles. The maximum atomic E-state index is 12.2. The van der Waals surface area contributed by atoms with Crippen LogP contribution in [0.4, 0.5) is 8.78 Å². The molecular formula is C10H17ClF2O. The largest absolute Gasteiger partial charge is 0.380 e. The first-order chi connectivity index (χ1) is 6.48. The molecule has 0 saturated heterocycles. The van der Waals surface area contributed by atoms with Crippen LogP contribution in [0.1, 0.15) is 51.9 Å². The van der Waals surface area contributed by atoms with Gasteiger partial charge in [0.05, 0.1) is 0 Å². The first kappa shape index (κ1) is 13.8. The summed E-state index contributed by atoms with van der Waals surface area (Å²) in [6.45, 7) is 2.11. The van der Waals surface area contributed by atoms with E-state index in [4.69, 9.17) is 0 Å². The predicted molar refractivity (Wildman–Crippen MR) is 53.8 cm³/mol. The minimum absolute atomic E-state index is 0.109. The average molecular weight is 227 g/mol. The van der Waals surface area contributed by atoms with Crippen LogP contribution in [0.15, 0.2) is 0 Å². The van der Waals surface area contributed by atoms with Crippen molar-refractivity contribution < 1.29 is 13.6 Å². The molecule has 0 aromatic rings. The lowest BCUT2D eigenvalue weighted by atomic mass is 10.1. The van der Waals surface area contributed by atoms with Crippen molar-refractivity contribution in [1.82, 2.24) is 0 Å². The van der Waals surface area contributed by atoms with Gasteiger partial charge in [0.1, 0.15) is 0 Å². The van der Waals surface area contributed by atoms with Crippen LogP contribution < -0.4 is 0 Å². The second-order valence-corrected chi connectivity index (χ2v) is 3.91. The van der Waals surface area contributed by atoms with Gasteiger partial charge in [-0.25, -0.2) is 0 Å². The zero-order valence-corrected chi connectivity index (χ0v) is 9.25. The van der Waals surface area contributed by atoms with E-state index >= 15 is 0 Å². The summed E-state index contributed by atoms with van der Waals surface area (Å²) >= 11 is 4.56. The highest BCUT2D eigenvalue weighted by atomic mass is 35.5. The number of carbonyl (C=O) groups is 1. The summed E-state index contributed by atoms with van der Waals surface area (Å²) in [6.07, 6.45) is 5.68. The fourth-order valence-electron chi connectivity index (χ4n) is 1.21. The van der Waals surface area contributed by atoms with E-state index in [1.54, 1.807) is 0 Å². The molecule has 84 valence electrons. The smallest absolute Gasteiger partial charge is 0.291 e. The Labute approximate surface area is 88.8 Å². The highest BCUT2D eigenvalue weighted by Gasteiger charge is 2.34. The quantitative estimate of drug-likeness (QED) is 0.449. The summed E-state index contributed by atoms with van der Waals surface area (Å²) in [5.41, 5.74) is 0. The number of unbranched alkanes of at least 4 members (excludes halogenated alkanes) is 5. The molecule has 1 nitrogen and oxygen atoms in total. The Bertz CT molecular complexity index is 166. The summed E-state index contributed by atoms with van der Waals surface area (Å²) in [5.74, 6) is -1.16. The van der Waals surface area contributed by atoms with Gasteiger partial charge in [0.2, 0.25) is 5.78 Å². The zero-order valence-electron chi connectivity index (χ0n) is 8.49. The van der Waals surface area contributed by atoms with E-state index in [9.17, 15) is 13.6 Å². The number of ketones is 1. The SMILES string of the molecule is CCCCCCCCC(=O)C(F)(F)Cl. The van der Waals surface area contributed by atoms with Crippen LogP contribution in [0.3, 0.4) is 0 Å². The van der Waals surface area contributed by atoms with Gasteiger partial charge in [-0.2, -0.15) is 8.78 Å². The van der Waals surface area contributed by atoms with Gasteiger partial charge in [0.25, 0.3) is 0 Å². The maximum Gasteiger partial charge on any atom is 0.380 e. The van der Waals surface area contributed by atoms with E-state index in [2.05, 4.69) is 18.5 Å². The lowest BCUT2D eigenvalue weighted by Gasteiger charge is -2.05. The number of Topliss-reactive ketones (excluding diaryl/α,β-unsaturated/α-hetero) is 1. The molecule has 14 heavy (non-hydrogen) atoms. The molecule has 0 aliphatic carbocycles. The summed E-state index contributed by atoms with van der Waals surface area (Å²) in [4.78, 5) is 10.7. The highest BCUT2D eigenvalue weighted by molar-refractivity contribution is 6.32. The molecule has 0 aliphatic rings. The summed E-state index contributed by atoms with van der Waals surface area (Å²) in [7, 11) is 0. The average Bonchev–Trinajstić information content (AvgIpc) is 2.09. The van der Waals surface area contributed by atoms with E-state index in [-0.39, 0.29) is 6.42 Å². The summed E-state index contributed by atoms with van der Waals surface area (Å²) in [5, 5.41) is -3.66. The minimum atomic E-state index is -3.66. The number of halogens is 3. The Balaban J connectivity index is 3.33. The molecule has 0 heterocycles. The third-order valence-electron chi connectivity index (χ3n) is 2.07. The fraction of sp³-hybridized carbons (Fsp3) is 0.900. The van der Waals surface area contributed by atoms with Gasteiger partial charge in [-0.1, -0.05) is 39.0 Å². The van der Waals surface area contributed by atoms with E-state index in [0.29, 0.717) is 6.42 Å². The molecule has 0 aliphatic heterocycles. The predicted octanol–water partition coefficient (Wildman–Crippen LogP) is 4.14. The summed E-state index contributed by atoms with van der Waals surface area (Å²) in [6, 6.07) is 0. The summed E-state index contributed by atoms with van der Waals surface area (Å²) < 4.78 is 24.3. The van der Waals surface area contributed by atoms with Crippen molar-refractivity contribution >= 4 is 17.4 Å². The monoisotopic (exact) mass is 226 g/mol. The molecule has 0 atom stereocenters. The molecule has 0 rings (SSSR count). The number of carbonyl (C=O) groups excluding carboxylic acids is 1. The number of hydrogen-bond donors (Lipinski definition) is 0. The van der Waals surface area contributed by atoms with E-state index in [1.807, 2.05) is 0 Å². The van der Waals surface area contributed by atoms with Crippen LogP contribution in [0, 0.1) is 0 Å². The van der Waals surface area contributed by atoms with Gasteiger partial charge < -0.3 is 0 Å². The van der Waals surface area contributed by atoms with Crippen LogP contribution in [0.25, 0.3) is 0 Å². The van der Waals surface area contributed by atoms with Gasteiger partial charge >= 0.3 is 5.38 Å². The van der Waals surface area contributed by atoms with Gasteiger partial charge in [-0.05, 0) is 18.0 Å². The van der Waals surface area contributed by atoms with Gasteiger partial charge in [0, 0.05) is 6.42 Å². The third-order valence-corrected chi connectivity index (χ3v) is 2.28. The second kappa shape index (κ2) is 7.16. The lowest BCUT2D eigenvalue weighted by Crippen LogP contribution is -2.20. The molecule has 0 unspecified atom stereocenters. The van der Waals surface area contributed by atoms with Crippen molar-refractivity contribution in [3.8, 4) is 0 Å². The van der Waals surface area contributed by atoms with Crippen molar-refractivity contribution in [3.05, 3.63) is 0 Å². The Morgan fingerprint density at radius 2 is 1.64 bits per heavy atom. The lowest BCUT2D eigenvalue weighted by molar-refractivity contribution is -0.133. The molecule has 0 aromatic heterocycles. The van der Waals surface area contributed by atoms with Crippen LogP contribution in [0.2, 0.25) is 0 Å². The number of alkyl halides is 3. The molecule has 0 aromatic carbocycles. The fourth-order valence-corrected chi connectivity index (χ4v) is 1.30. The molecule has 0 N–H and O–H groups in total. The standard InChI is InChI=1S/C10H17ClF2O/c1-2-3-4-5-6-7-8-9(14)10(11,12)13/h2-8H2,1H3. The van der Waals surface area contributed by atoms with Crippen molar-refractivity contribution in [3.63, 3.8) is 0 Å². The van der Waals surface area contributed by atoms with Crippen LogP contribution in [-0.4, -0.2) is 11.2 Å². The van der Waals surface area contributed by atoms with Crippen molar-refractivity contribution in [2.75, 3.05) is 0 Å². The molecule has 0 radical (unpaired) electrons. The molecule has 0 spiro atoms. The third kappa shape index (κ3) is 7.25. The Morgan fingerprint density at radius 3 is 2.14 bits per heavy atom. The maximum absolute atomic E-state index is 12.2. The number of hydrogen-bond acceptors (Lipinski definition) is 1. The van der Waals surface area contributed by atoms with E-state index < -0.39 is 11.2 Å². The van der Waals surface area contributed by atoms with Gasteiger partial charge in [-0.15, -0.1) is 0 Å². The topological polar surface area (TPSA) is 17.1 Å². The van der Waals surface area contributed by atoms with Crippen molar-refractivity contribution in [2.24, 2.45) is 0 Å². The van der Waals surface area contributed by atoms with E-state index in [0.717, 1.165) is 25.7 Å². The molecule has 0 amide bonds. The van der Waals surface area contributed by atoms with Crippen LogP contribution in [-0.2, 0) is 4.79 Å². The molecule has 4 heteroatoms.